The minimum Gasteiger partial charge on any atom is -0.496 e. The summed E-state index contributed by atoms with van der Waals surface area (Å²) in [4.78, 5) is 14.8. The Labute approximate surface area is 184 Å². The first-order chi connectivity index (χ1) is 15.1. The van der Waals surface area contributed by atoms with E-state index in [-0.39, 0.29) is 23.8 Å². The predicted molar refractivity (Wildman–Crippen MR) is 121 cm³/mol. The summed E-state index contributed by atoms with van der Waals surface area (Å²) in [7, 11) is 1.68. The van der Waals surface area contributed by atoms with E-state index in [2.05, 4.69) is 22.4 Å². The number of carbonyl (C=O) groups is 1. The monoisotopic (exact) mass is 422 g/mol. The van der Waals surface area contributed by atoms with Gasteiger partial charge in [0.2, 0.25) is 5.91 Å². The molecule has 164 valence electrons. The van der Waals surface area contributed by atoms with Gasteiger partial charge in [-0.3, -0.25) is 9.69 Å². The van der Waals surface area contributed by atoms with Crippen LogP contribution in [0.5, 0.6) is 5.75 Å². The smallest absolute Gasteiger partial charge is 0.220 e. The fourth-order valence-electron chi connectivity index (χ4n) is 5.05. The number of methoxy groups -OCH3 is 1. The highest BCUT2D eigenvalue weighted by Crippen LogP contribution is 2.32. The van der Waals surface area contributed by atoms with Crippen molar-refractivity contribution in [3.05, 3.63) is 71.6 Å². The molecule has 2 fully saturated rings. The quantitative estimate of drug-likeness (QED) is 0.740. The average molecular weight is 423 g/mol. The van der Waals surface area contributed by atoms with E-state index in [9.17, 15) is 9.18 Å². The topological polar surface area (TPSA) is 41.6 Å². The van der Waals surface area contributed by atoms with Gasteiger partial charge in [-0.05, 0) is 49.4 Å². The molecule has 2 aliphatic rings. The summed E-state index contributed by atoms with van der Waals surface area (Å²) in [6.07, 6.45) is 9.66. The molecular weight excluding hydrogens is 391 g/mol. The second kappa shape index (κ2) is 10.1. The maximum Gasteiger partial charge on any atom is 0.220 e. The van der Waals surface area contributed by atoms with E-state index in [0.717, 1.165) is 55.5 Å². The molecule has 4 rings (SSSR count). The molecule has 0 saturated carbocycles. The highest BCUT2D eigenvalue weighted by Gasteiger charge is 2.41. The Kier molecular flexibility index (Phi) is 7.03. The summed E-state index contributed by atoms with van der Waals surface area (Å²) in [6.45, 7) is 0.787. The number of amides is 1. The molecule has 2 aliphatic heterocycles. The van der Waals surface area contributed by atoms with Crippen LogP contribution in [0.4, 0.5) is 4.39 Å². The normalized spacial score (nSPS) is 24.5. The fraction of sp³-hybridized carbons (Fsp3) is 0.423. The molecule has 4 nitrogen and oxygen atoms in total. The van der Waals surface area contributed by atoms with Gasteiger partial charge in [0.25, 0.3) is 0 Å². The number of nitrogens with one attached hydrogen (secondary N) is 1. The number of nitrogens with zero attached hydrogens (tertiary/aromatic N) is 1. The molecule has 0 radical (unpaired) electrons. The molecule has 2 aromatic rings. The zero-order valence-electron chi connectivity index (χ0n) is 18.1. The lowest BCUT2D eigenvalue weighted by molar-refractivity contribution is -0.122. The van der Waals surface area contributed by atoms with E-state index in [1.54, 1.807) is 19.2 Å². The average Bonchev–Trinajstić information content (AvgIpc) is 3.05. The molecule has 2 aromatic carbocycles. The SMILES string of the molecule is COc1ccccc1/C=C/CN1[C@H](Cc2cccc(F)c2)C[C@@H]2NC(=O)CCCC[C@H]21. The van der Waals surface area contributed by atoms with Crippen molar-refractivity contribution >= 4 is 12.0 Å². The Hall–Kier alpha value is -2.66. The van der Waals surface area contributed by atoms with Gasteiger partial charge in [0, 0.05) is 36.7 Å². The van der Waals surface area contributed by atoms with Crippen LogP contribution in [0.1, 0.15) is 43.2 Å². The number of likely N-dealkylation sites (tertiary alicyclic amines) is 1. The highest BCUT2D eigenvalue weighted by atomic mass is 19.1. The van der Waals surface area contributed by atoms with Gasteiger partial charge < -0.3 is 10.1 Å². The molecule has 0 spiro atoms. The Morgan fingerprint density at radius 3 is 2.90 bits per heavy atom. The largest absolute Gasteiger partial charge is 0.496 e. The molecule has 3 atom stereocenters. The van der Waals surface area contributed by atoms with Crippen LogP contribution < -0.4 is 10.1 Å². The Balaban J connectivity index is 1.54. The molecular formula is C26H31FN2O2. The van der Waals surface area contributed by atoms with Gasteiger partial charge in [-0.25, -0.2) is 4.39 Å². The lowest BCUT2D eigenvalue weighted by Crippen LogP contribution is -2.46. The first-order valence-corrected chi connectivity index (χ1v) is 11.2. The molecule has 2 heterocycles. The van der Waals surface area contributed by atoms with Crippen molar-refractivity contribution in [1.82, 2.24) is 10.2 Å². The molecule has 2 saturated heterocycles. The second-order valence-electron chi connectivity index (χ2n) is 8.55. The minimum atomic E-state index is -0.197. The number of fused-ring (bicyclic) bond motifs is 1. The van der Waals surface area contributed by atoms with E-state index >= 15 is 0 Å². The summed E-state index contributed by atoms with van der Waals surface area (Å²) in [6, 6.07) is 15.6. The van der Waals surface area contributed by atoms with Crippen LogP contribution in [-0.4, -0.2) is 42.6 Å². The lowest BCUT2D eigenvalue weighted by Gasteiger charge is -2.32. The molecule has 1 amide bonds. The maximum absolute atomic E-state index is 13.8. The summed E-state index contributed by atoms with van der Waals surface area (Å²) in [5.74, 6) is 0.815. The number of benzene rings is 2. The summed E-state index contributed by atoms with van der Waals surface area (Å²) >= 11 is 0. The lowest BCUT2D eigenvalue weighted by atomic mass is 9.97. The van der Waals surface area contributed by atoms with Gasteiger partial charge in [0.15, 0.2) is 0 Å². The van der Waals surface area contributed by atoms with Gasteiger partial charge in [-0.15, -0.1) is 0 Å². The van der Waals surface area contributed by atoms with Gasteiger partial charge in [0.1, 0.15) is 11.6 Å². The summed E-state index contributed by atoms with van der Waals surface area (Å²) in [5.41, 5.74) is 2.05. The number of hydrogen-bond donors (Lipinski definition) is 1. The van der Waals surface area contributed by atoms with Crippen LogP contribution in [0.2, 0.25) is 0 Å². The van der Waals surface area contributed by atoms with Crippen LogP contribution in [0.25, 0.3) is 6.08 Å². The molecule has 5 heteroatoms. The first kappa shape index (κ1) is 21.6. The van der Waals surface area contributed by atoms with Crippen molar-refractivity contribution in [2.75, 3.05) is 13.7 Å². The van der Waals surface area contributed by atoms with Gasteiger partial charge in [-0.1, -0.05) is 48.9 Å². The Morgan fingerprint density at radius 2 is 2.06 bits per heavy atom. The third kappa shape index (κ3) is 5.34. The van der Waals surface area contributed by atoms with Crippen LogP contribution >= 0.6 is 0 Å². The molecule has 0 unspecified atom stereocenters. The van der Waals surface area contributed by atoms with Crippen molar-refractivity contribution in [3.63, 3.8) is 0 Å². The van der Waals surface area contributed by atoms with Crippen molar-refractivity contribution < 1.29 is 13.9 Å². The van der Waals surface area contributed by atoms with Gasteiger partial charge in [0.05, 0.1) is 7.11 Å². The van der Waals surface area contributed by atoms with E-state index in [0.29, 0.717) is 12.5 Å². The molecule has 0 aliphatic carbocycles. The number of rotatable bonds is 6. The molecule has 0 bridgehead atoms. The minimum absolute atomic E-state index is 0.158. The first-order valence-electron chi connectivity index (χ1n) is 11.2. The highest BCUT2D eigenvalue weighted by molar-refractivity contribution is 5.76. The van der Waals surface area contributed by atoms with Crippen molar-refractivity contribution in [1.29, 1.82) is 0 Å². The fourth-order valence-corrected chi connectivity index (χ4v) is 5.05. The summed E-state index contributed by atoms with van der Waals surface area (Å²) in [5, 5.41) is 3.27. The zero-order chi connectivity index (χ0) is 21.6. The predicted octanol–water partition coefficient (Wildman–Crippen LogP) is 4.59. The van der Waals surface area contributed by atoms with Gasteiger partial charge >= 0.3 is 0 Å². The number of halogens is 1. The van der Waals surface area contributed by atoms with Crippen LogP contribution in [-0.2, 0) is 11.2 Å². The molecule has 31 heavy (non-hydrogen) atoms. The standard InChI is InChI=1S/C26H31FN2O2/c1-31-25-13-4-2-9-20(25)10-7-15-29-22(17-19-8-6-11-21(27)16-19)18-23-24(29)12-3-5-14-26(30)28-23/h2,4,6-11,13,16,22-24H,3,5,12,14-15,17-18H2,1H3,(H,28,30)/b10-7+/t22-,23+,24-/m1/s1. The summed E-state index contributed by atoms with van der Waals surface area (Å²) < 4.78 is 19.2. The third-order valence-corrected chi connectivity index (χ3v) is 6.50. The van der Waals surface area contributed by atoms with Crippen molar-refractivity contribution in [2.24, 2.45) is 0 Å². The van der Waals surface area contributed by atoms with E-state index < -0.39 is 0 Å². The van der Waals surface area contributed by atoms with Crippen LogP contribution in [0, 0.1) is 5.82 Å². The number of hydrogen-bond acceptors (Lipinski definition) is 3. The molecule has 1 N–H and O–H groups in total. The number of ether oxygens (including phenoxy) is 1. The Morgan fingerprint density at radius 1 is 1.19 bits per heavy atom. The number of carbonyl (C=O) groups excluding carboxylic acids is 1. The zero-order valence-corrected chi connectivity index (χ0v) is 18.1. The Bertz CT molecular complexity index is 929. The maximum atomic E-state index is 13.8. The van der Waals surface area contributed by atoms with Crippen molar-refractivity contribution in [3.8, 4) is 5.75 Å². The van der Waals surface area contributed by atoms with Gasteiger partial charge in [-0.2, -0.15) is 0 Å². The molecule has 0 aromatic heterocycles. The second-order valence-corrected chi connectivity index (χ2v) is 8.55. The van der Waals surface area contributed by atoms with E-state index in [4.69, 9.17) is 4.74 Å². The van der Waals surface area contributed by atoms with Crippen molar-refractivity contribution in [2.45, 2.75) is 56.7 Å². The van der Waals surface area contributed by atoms with Crippen LogP contribution in [0.3, 0.4) is 0 Å². The van der Waals surface area contributed by atoms with E-state index in [1.165, 1.54) is 6.07 Å². The number of para-hydroxylation sites is 1. The van der Waals surface area contributed by atoms with Crippen LogP contribution in [0.15, 0.2) is 54.6 Å². The van der Waals surface area contributed by atoms with E-state index in [1.807, 2.05) is 30.3 Å². The third-order valence-electron chi connectivity index (χ3n) is 6.50.